The van der Waals surface area contributed by atoms with E-state index in [9.17, 15) is 0 Å². The van der Waals surface area contributed by atoms with Crippen LogP contribution in [0.4, 0.5) is 0 Å². The zero-order valence-corrected chi connectivity index (χ0v) is 15.9. The Balaban J connectivity index is 2.65. The Morgan fingerprint density at radius 1 is 1.17 bits per heavy atom. The molecule has 0 unspecified atom stereocenters. The van der Waals surface area contributed by atoms with E-state index in [-0.39, 0.29) is 0 Å². The molecular formula is C11H16Cl4OSiTi. The number of para-hydroxylation sites is 1. The molecule has 1 nitrogen and oxygen atoms in total. The molecule has 102 valence electrons. The molecule has 0 spiro atoms. The molecule has 0 amide bonds. The Morgan fingerprint density at radius 2 is 1.78 bits per heavy atom. The molecule has 0 atom stereocenters. The van der Waals surface area contributed by atoms with Crippen LogP contribution in [-0.4, -0.2) is 7.38 Å². The SMILES string of the molecule is C[Si](C)(Cl)CCCc1ccccc1[O][Ti]([Cl])([Cl])[Cl]. The van der Waals surface area contributed by atoms with Gasteiger partial charge in [0.05, 0.1) is 0 Å². The predicted octanol–water partition coefficient (Wildman–Crippen LogP) is 5.97. The van der Waals surface area contributed by atoms with Gasteiger partial charge in [-0.2, -0.15) is 0 Å². The molecule has 0 saturated carbocycles. The summed E-state index contributed by atoms with van der Waals surface area (Å²) in [5.41, 5.74) is 1.09. The van der Waals surface area contributed by atoms with Crippen LogP contribution in [0.25, 0.3) is 0 Å². The summed E-state index contributed by atoms with van der Waals surface area (Å²) in [6, 6.07) is 8.79. The molecular weight excluding hydrogens is 366 g/mol. The fraction of sp³-hybridized carbons (Fsp3) is 0.455. The van der Waals surface area contributed by atoms with Crippen molar-refractivity contribution in [2.45, 2.75) is 32.0 Å². The van der Waals surface area contributed by atoms with E-state index in [0.29, 0.717) is 5.75 Å². The summed E-state index contributed by atoms with van der Waals surface area (Å²) in [6.45, 7) is 4.29. The summed E-state index contributed by atoms with van der Waals surface area (Å²) in [4.78, 5) is 0. The molecule has 0 saturated heterocycles. The molecule has 0 aliphatic heterocycles. The number of hydrogen-bond donors (Lipinski definition) is 0. The van der Waals surface area contributed by atoms with Gasteiger partial charge in [0.1, 0.15) is 0 Å². The zero-order chi connectivity index (χ0) is 13.8. The quantitative estimate of drug-likeness (QED) is 0.435. The average Bonchev–Trinajstić information content (AvgIpc) is 2.16. The maximum absolute atomic E-state index is 6.30. The monoisotopic (exact) mass is 380 g/mol. The van der Waals surface area contributed by atoms with Crippen LogP contribution >= 0.6 is 39.0 Å². The molecule has 0 aromatic heterocycles. The third-order valence-corrected chi connectivity index (χ3v) is 6.18. The third-order valence-electron chi connectivity index (χ3n) is 2.42. The molecule has 0 fully saturated rings. The second-order valence-corrected chi connectivity index (χ2v) is 22.4. The van der Waals surface area contributed by atoms with Gasteiger partial charge in [0.25, 0.3) is 0 Å². The Labute approximate surface area is 130 Å². The summed E-state index contributed by atoms with van der Waals surface area (Å²) in [5.74, 6) is 0.701. The van der Waals surface area contributed by atoms with Crippen molar-refractivity contribution in [3.05, 3.63) is 29.8 Å². The summed E-state index contributed by atoms with van der Waals surface area (Å²) in [6.07, 6.45) is 1.94. The van der Waals surface area contributed by atoms with Crippen molar-refractivity contribution < 1.29 is 17.1 Å². The topological polar surface area (TPSA) is 9.23 Å². The van der Waals surface area contributed by atoms with Crippen molar-refractivity contribution in [3.8, 4) is 5.75 Å². The van der Waals surface area contributed by atoms with Crippen LogP contribution in [0.1, 0.15) is 12.0 Å². The molecule has 1 rings (SSSR count). The first kappa shape index (κ1) is 17.2. The molecule has 0 aliphatic rings. The zero-order valence-electron chi connectivity index (χ0n) is 10.4. The van der Waals surface area contributed by atoms with Crippen molar-refractivity contribution in [3.63, 3.8) is 0 Å². The fourth-order valence-electron chi connectivity index (χ4n) is 1.63. The minimum absolute atomic E-state index is 0.701. The van der Waals surface area contributed by atoms with Gasteiger partial charge in [0.2, 0.25) is 0 Å². The molecule has 0 radical (unpaired) electrons. The van der Waals surface area contributed by atoms with Gasteiger partial charge >= 0.3 is 131 Å². The Kier molecular flexibility index (Phi) is 6.88. The van der Waals surface area contributed by atoms with Gasteiger partial charge < -0.3 is 0 Å². The summed E-state index contributed by atoms with van der Waals surface area (Å²) < 4.78 is 5.48. The number of benzene rings is 1. The van der Waals surface area contributed by atoms with Crippen LogP contribution in [0.5, 0.6) is 5.75 Å². The number of aryl methyl sites for hydroxylation is 1. The fourth-order valence-corrected chi connectivity index (χ4v) is 4.78. The van der Waals surface area contributed by atoms with Crippen molar-refractivity contribution >= 4 is 46.4 Å². The first-order valence-corrected chi connectivity index (χ1v) is 17.0. The van der Waals surface area contributed by atoms with Crippen molar-refractivity contribution in [2.24, 2.45) is 0 Å². The molecule has 0 N–H and O–H groups in total. The van der Waals surface area contributed by atoms with Gasteiger partial charge in [-0.05, 0) is 0 Å². The summed E-state index contributed by atoms with van der Waals surface area (Å²) >= 11 is 2.71. The third kappa shape index (κ3) is 7.64. The van der Waals surface area contributed by atoms with Crippen molar-refractivity contribution in [1.82, 2.24) is 0 Å². The van der Waals surface area contributed by atoms with Gasteiger partial charge in [-0.3, -0.25) is 0 Å². The van der Waals surface area contributed by atoms with Crippen LogP contribution in [0.15, 0.2) is 24.3 Å². The van der Waals surface area contributed by atoms with E-state index >= 15 is 0 Å². The normalized spacial score (nSPS) is 12.6. The standard InChI is InChI=1S/C11H17ClOSi.3ClH.Ti/c1-14(2,12)9-5-7-10-6-3-4-8-11(10)13;;;;/h3-4,6,8,13H,5,7,9H2,1-2H3;3*1H;/q;;;;+4/p-4. The van der Waals surface area contributed by atoms with E-state index in [1.807, 2.05) is 24.3 Å². The van der Waals surface area contributed by atoms with E-state index in [1.165, 1.54) is 0 Å². The van der Waals surface area contributed by atoms with Crippen LogP contribution in [0.2, 0.25) is 19.1 Å². The van der Waals surface area contributed by atoms with E-state index in [4.69, 9.17) is 42.3 Å². The van der Waals surface area contributed by atoms with E-state index < -0.39 is 21.2 Å². The summed E-state index contributed by atoms with van der Waals surface area (Å²) in [5, 5.41) is 0. The van der Waals surface area contributed by atoms with E-state index in [2.05, 4.69) is 13.1 Å². The van der Waals surface area contributed by atoms with Crippen LogP contribution in [0, 0.1) is 0 Å². The Bertz CT molecular complexity index is 389. The second kappa shape index (κ2) is 7.21. The first-order chi connectivity index (χ1) is 8.17. The second-order valence-electron chi connectivity index (χ2n) is 4.73. The van der Waals surface area contributed by atoms with Crippen LogP contribution in [0.3, 0.4) is 0 Å². The van der Waals surface area contributed by atoms with Gasteiger partial charge in [0.15, 0.2) is 0 Å². The van der Waals surface area contributed by atoms with Crippen molar-refractivity contribution in [2.75, 3.05) is 0 Å². The number of rotatable bonds is 6. The van der Waals surface area contributed by atoms with E-state index in [1.54, 1.807) is 0 Å². The molecule has 1 aromatic carbocycles. The van der Waals surface area contributed by atoms with Crippen LogP contribution in [-0.2, 0) is 20.2 Å². The molecule has 0 bridgehead atoms. The van der Waals surface area contributed by atoms with Gasteiger partial charge in [0, 0.05) is 0 Å². The Morgan fingerprint density at radius 3 is 2.33 bits per heavy atom. The van der Waals surface area contributed by atoms with E-state index in [0.717, 1.165) is 24.4 Å². The Hall–Kier alpha value is 1.11. The van der Waals surface area contributed by atoms with Gasteiger partial charge in [-0.15, -0.1) is 0 Å². The molecule has 0 heterocycles. The maximum atomic E-state index is 6.30. The first-order valence-electron chi connectivity index (χ1n) is 5.70. The van der Waals surface area contributed by atoms with Gasteiger partial charge in [-0.1, -0.05) is 0 Å². The summed E-state index contributed by atoms with van der Waals surface area (Å²) in [7, 11) is 16.0. The molecule has 18 heavy (non-hydrogen) atoms. The van der Waals surface area contributed by atoms with Crippen LogP contribution < -0.4 is 3.32 Å². The molecule has 0 aliphatic carbocycles. The molecule has 7 heteroatoms. The van der Waals surface area contributed by atoms with Crippen molar-refractivity contribution in [1.29, 1.82) is 0 Å². The minimum atomic E-state index is -3.59. The number of halogens is 4. The average molecular weight is 382 g/mol. The predicted molar refractivity (Wildman–Crippen MR) is 81.1 cm³/mol. The molecule has 1 aromatic rings. The van der Waals surface area contributed by atoms with Gasteiger partial charge in [-0.25, -0.2) is 0 Å². The number of hydrogen-bond acceptors (Lipinski definition) is 1.